The van der Waals surface area contributed by atoms with Gasteiger partial charge in [0.2, 0.25) is 0 Å². The van der Waals surface area contributed by atoms with Crippen LogP contribution in [0.5, 0.6) is 0 Å². The van der Waals surface area contributed by atoms with Crippen molar-refractivity contribution in [3.05, 3.63) is 35.6 Å². The van der Waals surface area contributed by atoms with Crippen LogP contribution in [0.15, 0.2) is 28.7 Å². The van der Waals surface area contributed by atoms with Gasteiger partial charge in [0.25, 0.3) is 0 Å². The van der Waals surface area contributed by atoms with Gasteiger partial charge in [0, 0.05) is 23.4 Å². The van der Waals surface area contributed by atoms with Gasteiger partial charge in [0.15, 0.2) is 0 Å². The summed E-state index contributed by atoms with van der Waals surface area (Å²) in [5.41, 5.74) is 2.38. The number of rotatable bonds is 6. The fourth-order valence-corrected chi connectivity index (χ4v) is 2.76. The molecule has 0 fully saturated rings. The molecule has 1 N–H and O–H groups in total. The zero-order valence-corrected chi connectivity index (χ0v) is 12.5. The molecule has 2 unspecified atom stereocenters. The van der Waals surface area contributed by atoms with E-state index >= 15 is 0 Å². The zero-order chi connectivity index (χ0) is 13.8. The van der Waals surface area contributed by atoms with E-state index in [1.807, 2.05) is 6.07 Å². The summed E-state index contributed by atoms with van der Waals surface area (Å²) in [4.78, 5) is 0. The third-order valence-electron chi connectivity index (χ3n) is 3.98. The topological polar surface area (TPSA) is 25.2 Å². The quantitative estimate of drug-likeness (QED) is 0.814. The van der Waals surface area contributed by atoms with Crippen LogP contribution >= 0.6 is 0 Å². The molecule has 0 aliphatic heterocycles. The summed E-state index contributed by atoms with van der Waals surface area (Å²) in [7, 11) is 0. The van der Waals surface area contributed by atoms with Crippen molar-refractivity contribution in [1.82, 2.24) is 5.32 Å². The van der Waals surface area contributed by atoms with E-state index in [9.17, 15) is 0 Å². The molecule has 1 heterocycles. The molecule has 1 aromatic carbocycles. The molecule has 104 valence electrons. The predicted molar refractivity (Wildman–Crippen MR) is 81.5 cm³/mol. The second-order valence-corrected chi connectivity index (χ2v) is 5.21. The van der Waals surface area contributed by atoms with Crippen LogP contribution < -0.4 is 5.32 Å². The van der Waals surface area contributed by atoms with Crippen LogP contribution in [0.3, 0.4) is 0 Å². The molecule has 2 rings (SSSR count). The van der Waals surface area contributed by atoms with Gasteiger partial charge in [0.05, 0.1) is 0 Å². The number of benzene rings is 1. The summed E-state index contributed by atoms with van der Waals surface area (Å²) in [6.45, 7) is 9.89. The largest absolute Gasteiger partial charge is 0.461 e. The lowest BCUT2D eigenvalue weighted by Gasteiger charge is -2.24. The Morgan fingerprint density at radius 3 is 2.53 bits per heavy atom. The highest BCUT2D eigenvalue weighted by Gasteiger charge is 2.24. The molecule has 2 nitrogen and oxygen atoms in total. The Kier molecular flexibility index (Phi) is 4.65. The summed E-state index contributed by atoms with van der Waals surface area (Å²) in [5.74, 6) is 1.73. The van der Waals surface area contributed by atoms with E-state index in [-0.39, 0.29) is 0 Å². The van der Waals surface area contributed by atoms with Gasteiger partial charge in [-0.25, -0.2) is 0 Å². The highest BCUT2D eigenvalue weighted by Crippen LogP contribution is 2.35. The van der Waals surface area contributed by atoms with E-state index < -0.39 is 0 Å². The van der Waals surface area contributed by atoms with Crippen molar-refractivity contribution in [2.24, 2.45) is 5.92 Å². The van der Waals surface area contributed by atoms with Crippen LogP contribution in [0.25, 0.3) is 11.0 Å². The molecule has 2 atom stereocenters. The molecule has 2 aromatic rings. The van der Waals surface area contributed by atoms with E-state index in [2.05, 4.69) is 51.2 Å². The Bertz CT molecular complexity index is 529. The Labute approximate surface area is 116 Å². The number of nitrogens with one attached hydrogen (secondary N) is 1. The summed E-state index contributed by atoms with van der Waals surface area (Å²) in [6, 6.07) is 8.77. The van der Waals surface area contributed by atoms with Crippen LogP contribution in [-0.4, -0.2) is 6.54 Å². The number of furan rings is 1. The van der Waals surface area contributed by atoms with Gasteiger partial charge in [-0.1, -0.05) is 52.3 Å². The third-order valence-corrected chi connectivity index (χ3v) is 3.98. The standard InChI is InChI=1S/C17H25NO/c1-5-12(4)17(18-7-3)16-13-10-8-9-11-15(13)19-14(16)6-2/h8-12,17-18H,5-7H2,1-4H3. The summed E-state index contributed by atoms with van der Waals surface area (Å²) < 4.78 is 6.03. The van der Waals surface area contributed by atoms with Gasteiger partial charge in [-0.05, 0) is 18.5 Å². The minimum Gasteiger partial charge on any atom is -0.461 e. The monoisotopic (exact) mass is 259 g/mol. The number of para-hydroxylation sites is 1. The molecule has 0 radical (unpaired) electrons. The maximum Gasteiger partial charge on any atom is 0.134 e. The fourth-order valence-electron chi connectivity index (χ4n) is 2.76. The Hall–Kier alpha value is -1.28. The lowest BCUT2D eigenvalue weighted by Crippen LogP contribution is -2.27. The van der Waals surface area contributed by atoms with E-state index in [0.717, 1.165) is 24.3 Å². The molecule has 0 aliphatic carbocycles. The van der Waals surface area contributed by atoms with Crippen molar-refractivity contribution >= 4 is 11.0 Å². The van der Waals surface area contributed by atoms with Crippen molar-refractivity contribution in [2.75, 3.05) is 6.54 Å². The third kappa shape index (κ3) is 2.69. The normalized spacial score (nSPS) is 14.7. The predicted octanol–water partition coefficient (Wildman–Crippen LogP) is 4.69. The fraction of sp³-hybridized carbons (Fsp3) is 0.529. The van der Waals surface area contributed by atoms with Crippen molar-refractivity contribution in [3.8, 4) is 0 Å². The van der Waals surface area contributed by atoms with Crippen molar-refractivity contribution in [2.45, 2.75) is 46.6 Å². The average Bonchev–Trinajstić information content (AvgIpc) is 2.82. The summed E-state index contributed by atoms with van der Waals surface area (Å²) in [5, 5.41) is 4.91. The first kappa shape index (κ1) is 14.1. The molecule has 0 bridgehead atoms. The van der Waals surface area contributed by atoms with E-state index in [1.54, 1.807) is 0 Å². The zero-order valence-electron chi connectivity index (χ0n) is 12.5. The first-order chi connectivity index (χ1) is 9.22. The number of hydrogen-bond donors (Lipinski definition) is 1. The van der Waals surface area contributed by atoms with Gasteiger partial charge in [-0.3, -0.25) is 0 Å². The molecule has 19 heavy (non-hydrogen) atoms. The molecule has 0 aliphatic rings. The summed E-state index contributed by atoms with van der Waals surface area (Å²) >= 11 is 0. The van der Waals surface area contributed by atoms with Crippen LogP contribution in [0, 0.1) is 5.92 Å². The first-order valence-corrected chi connectivity index (χ1v) is 7.46. The first-order valence-electron chi connectivity index (χ1n) is 7.46. The highest BCUT2D eigenvalue weighted by atomic mass is 16.3. The molecular formula is C17H25NO. The van der Waals surface area contributed by atoms with Crippen molar-refractivity contribution < 1.29 is 4.42 Å². The average molecular weight is 259 g/mol. The Morgan fingerprint density at radius 2 is 1.89 bits per heavy atom. The smallest absolute Gasteiger partial charge is 0.134 e. The number of aryl methyl sites for hydroxylation is 1. The molecular weight excluding hydrogens is 234 g/mol. The molecule has 0 saturated carbocycles. The van der Waals surface area contributed by atoms with E-state index in [0.29, 0.717) is 12.0 Å². The van der Waals surface area contributed by atoms with Crippen molar-refractivity contribution in [3.63, 3.8) is 0 Å². The van der Waals surface area contributed by atoms with Crippen LogP contribution in [0.2, 0.25) is 0 Å². The molecule has 1 aromatic heterocycles. The maximum absolute atomic E-state index is 6.03. The van der Waals surface area contributed by atoms with Gasteiger partial charge in [-0.15, -0.1) is 0 Å². The minimum atomic E-state index is 0.383. The van der Waals surface area contributed by atoms with E-state index in [4.69, 9.17) is 4.42 Å². The van der Waals surface area contributed by atoms with E-state index in [1.165, 1.54) is 17.4 Å². The van der Waals surface area contributed by atoms with Crippen LogP contribution in [0.4, 0.5) is 0 Å². The maximum atomic E-state index is 6.03. The Morgan fingerprint density at radius 1 is 1.16 bits per heavy atom. The lowest BCUT2D eigenvalue weighted by atomic mass is 9.90. The second kappa shape index (κ2) is 6.25. The Balaban J connectivity index is 2.56. The molecule has 0 saturated heterocycles. The molecule has 0 amide bonds. The van der Waals surface area contributed by atoms with Crippen LogP contribution in [-0.2, 0) is 6.42 Å². The number of fused-ring (bicyclic) bond motifs is 1. The van der Waals surface area contributed by atoms with Crippen molar-refractivity contribution in [1.29, 1.82) is 0 Å². The van der Waals surface area contributed by atoms with Gasteiger partial charge >= 0.3 is 0 Å². The minimum absolute atomic E-state index is 0.383. The number of hydrogen-bond acceptors (Lipinski definition) is 2. The second-order valence-electron chi connectivity index (χ2n) is 5.21. The molecule has 0 spiro atoms. The summed E-state index contributed by atoms with van der Waals surface area (Å²) in [6.07, 6.45) is 2.11. The van der Waals surface area contributed by atoms with Gasteiger partial charge < -0.3 is 9.73 Å². The SMILES string of the molecule is CCNC(c1c(CC)oc2ccccc12)C(C)CC. The van der Waals surface area contributed by atoms with Crippen LogP contribution in [0.1, 0.15) is 51.5 Å². The van der Waals surface area contributed by atoms with Gasteiger partial charge in [-0.2, -0.15) is 0 Å². The van der Waals surface area contributed by atoms with Gasteiger partial charge in [0.1, 0.15) is 11.3 Å². The molecule has 2 heteroatoms. The highest BCUT2D eigenvalue weighted by molar-refractivity contribution is 5.82. The lowest BCUT2D eigenvalue weighted by molar-refractivity contribution is 0.377.